The third-order valence-corrected chi connectivity index (χ3v) is 6.24. The molecule has 0 fully saturated rings. The molecule has 3 aromatic rings. The maximum Gasteiger partial charge on any atom is 0.416 e. The Bertz CT molecular complexity index is 1480. The first-order valence-corrected chi connectivity index (χ1v) is 12.5. The maximum absolute atomic E-state index is 13.4. The topological polar surface area (TPSA) is 161 Å². The SMILES string of the molecule is O=C(O)CC(NC(=O)CNC(=O)c1cc(NC2=NCC(F)CN2)c2cn[nH]c2c1)c1cc(Br)cc(C(F)(F)F)c1. The number of nitrogens with one attached hydrogen (secondary N) is 5. The molecule has 2 aromatic carbocycles. The minimum Gasteiger partial charge on any atom is -0.481 e. The van der Waals surface area contributed by atoms with E-state index in [2.05, 4.69) is 52.4 Å². The summed E-state index contributed by atoms with van der Waals surface area (Å²) in [7, 11) is 0. The largest absolute Gasteiger partial charge is 0.481 e. The number of carboxylic acid groups (broad SMARTS) is 1. The van der Waals surface area contributed by atoms with Crippen LogP contribution in [0.3, 0.4) is 0 Å². The van der Waals surface area contributed by atoms with E-state index in [4.69, 9.17) is 0 Å². The van der Waals surface area contributed by atoms with Crippen molar-refractivity contribution in [1.29, 1.82) is 0 Å². The highest BCUT2D eigenvalue weighted by molar-refractivity contribution is 9.10. The molecule has 0 saturated heterocycles. The van der Waals surface area contributed by atoms with Crippen LogP contribution in [0.5, 0.6) is 0 Å². The molecule has 0 saturated carbocycles. The molecule has 1 aliphatic heterocycles. The Labute approximate surface area is 231 Å². The Hall–Kier alpha value is -4.21. The van der Waals surface area contributed by atoms with Crippen molar-refractivity contribution in [3.8, 4) is 0 Å². The standard InChI is InChI=1S/C24H22BrF4N7O4/c25-14-2-11(1-13(5-14)24(27,28)29)17(6-21(38)39)34-20(37)10-30-22(40)12-3-18(16-9-33-36-19(16)4-12)35-23-31-7-15(26)8-32-23/h1-5,9,15,17H,6-8,10H2,(H,30,40)(H,33,36)(H,34,37)(H,38,39)(H2,31,32,35). The molecule has 212 valence electrons. The number of aliphatic imine (C=N–C) groups is 1. The summed E-state index contributed by atoms with van der Waals surface area (Å²) < 4.78 is 53.2. The van der Waals surface area contributed by atoms with E-state index in [1.165, 1.54) is 24.4 Å². The number of carbonyl (C=O) groups excluding carboxylic acids is 2. The zero-order valence-electron chi connectivity index (χ0n) is 20.4. The summed E-state index contributed by atoms with van der Waals surface area (Å²) in [6.45, 7) is -0.555. The van der Waals surface area contributed by atoms with Crippen molar-refractivity contribution in [3.63, 3.8) is 0 Å². The number of rotatable bonds is 8. The Morgan fingerprint density at radius 3 is 2.62 bits per heavy atom. The van der Waals surface area contributed by atoms with Gasteiger partial charge in [-0.05, 0) is 35.9 Å². The summed E-state index contributed by atoms with van der Waals surface area (Å²) in [4.78, 5) is 40.9. The summed E-state index contributed by atoms with van der Waals surface area (Å²) in [6.07, 6.45) is -4.99. The van der Waals surface area contributed by atoms with Gasteiger partial charge in [0.15, 0.2) is 5.96 Å². The van der Waals surface area contributed by atoms with Crippen molar-refractivity contribution in [2.45, 2.75) is 24.8 Å². The zero-order chi connectivity index (χ0) is 29.0. The molecule has 2 unspecified atom stereocenters. The maximum atomic E-state index is 13.4. The van der Waals surface area contributed by atoms with Crippen molar-refractivity contribution >= 4 is 56.3 Å². The number of aromatic nitrogens is 2. The molecule has 6 N–H and O–H groups in total. The molecule has 0 spiro atoms. The van der Waals surface area contributed by atoms with Gasteiger partial charge in [-0.3, -0.25) is 19.5 Å². The minimum atomic E-state index is -4.69. The second-order valence-corrected chi connectivity index (χ2v) is 9.73. The fourth-order valence-corrected chi connectivity index (χ4v) is 4.44. The van der Waals surface area contributed by atoms with Crippen molar-refractivity contribution in [2.24, 2.45) is 4.99 Å². The van der Waals surface area contributed by atoms with E-state index in [1.54, 1.807) is 0 Å². The van der Waals surface area contributed by atoms with Gasteiger partial charge in [-0.15, -0.1) is 0 Å². The highest BCUT2D eigenvalue weighted by Crippen LogP contribution is 2.34. The molecule has 16 heteroatoms. The molecule has 2 amide bonds. The smallest absolute Gasteiger partial charge is 0.416 e. The van der Waals surface area contributed by atoms with Gasteiger partial charge in [0.25, 0.3) is 5.91 Å². The lowest BCUT2D eigenvalue weighted by atomic mass is 10.0. The predicted molar refractivity (Wildman–Crippen MR) is 140 cm³/mol. The quantitative estimate of drug-likeness (QED) is 0.209. The van der Waals surface area contributed by atoms with Gasteiger partial charge in [-0.25, -0.2) is 9.38 Å². The van der Waals surface area contributed by atoms with Crippen LogP contribution in [0, 0.1) is 0 Å². The molecule has 2 atom stereocenters. The van der Waals surface area contributed by atoms with Gasteiger partial charge in [0.2, 0.25) is 5.91 Å². The Morgan fingerprint density at radius 1 is 1.18 bits per heavy atom. The monoisotopic (exact) mass is 627 g/mol. The number of amides is 2. The Balaban J connectivity index is 1.46. The lowest BCUT2D eigenvalue weighted by Crippen LogP contribution is -2.41. The van der Waals surface area contributed by atoms with Crippen molar-refractivity contribution in [1.82, 2.24) is 26.1 Å². The van der Waals surface area contributed by atoms with Crippen molar-refractivity contribution in [2.75, 3.05) is 25.0 Å². The average Bonchev–Trinajstić information content (AvgIpc) is 3.36. The van der Waals surface area contributed by atoms with Crippen LogP contribution in [0.2, 0.25) is 0 Å². The number of carboxylic acids is 1. The summed E-state index contributed by atoms with van der Waals surface area (Å²) in [5.41, 5.74) is -0.0670. The van der Waals surface area contributed by atoms with Gasteiger partial charge in [-0.1, -0.05) is 15.9 Å². The van der Waals surface area contributed by atoms with E-state index < -0.39 is 54.7 Å². The lowest BCUT2D eigenvalue weighted by molar-refractivity contribution is -0.138. The number of H-pyrrole nitrogens is 1. The molecule has 4 rings (SSSR count). The number of guanidine groups is 1. The first-order chi connectivity index (χ1) is 18.9. The molecule has 40 heavy (non-hydrogen) atoms. The van der Waals surface area contributed by atoms with Gasteiger partial charge in [-0.2, -0.15) is 18.3 Å². The number of hydrogen-bond acceptors (Lipinski definition) is 7. The fourth-order valence-electron chi connectivity index (χ4n) is 3.93. The lowest BCUT2D eigenvalue weighted by Gasteiger charge is -2.20. The highest BCUT2D eigenvalue weighted by atomic mass is 79.9. The molecular formula is C24H22BrF4N7O4. The molecule has 1 aromatic heterocycles. The van der Waals surface area contributed by atoms with Gasteiger partial charge < -0.3 is 26.4 Å². The normalized spacial score (nSPS) is 16.0. The summed E-state index contributed by atoms with van der Waals surface area (Å²) in [5, 5.41) is 27.1. The number of fused-ring (bicyclic) bond motifs is 1. The summed E-state index contributed by atoms with van der Waals surface area (Å²) in [5.74, 6) is -2.54. The highest BCUT2D eigenvalue weighted by Gasteiger charge is 2.32. The first kappa shape index (κ1) is 28.8. The fraction of sp³-hybridized carbons (Fsp3) is 0.292. The van der Waals surface area contributed by atoms with Gasteiger partial charge in [0.05, 0.1) is 55.1 Å². The number of anilines is 1. The van der Waals surface area contributed by atoms with Crippen LogP contribution >= 0.6 is 15.9 Å². The number of halogens is 5. The minimum absolute atomic E-state index is 0.0283. The molecule has 0 bridgehead atoms. The van der Waals surface area contributed by atoms with E-state index in [0.29, 0.717) is 22.5 Å². The van der Waals surface area contributed by atoms with Crippen molar-refractivity contribution < 1.29 is 37.1 Å². The van der Waals surface area contributed by atoms with Crippen LogP contribution in [0.1, 0.15) is 33.9 Å². The molecule has 0 radical (unpaired) electrons. The number of benzene rings is 2. The van der Waals surface area contributed by atoms with Gasteiger partial charge >= 0.3 is 12.1 Å². The van der Waals surface area contributed by atoms with E-state index in [9.17, 15) is 37.1 Å². The van der Waals surface area contributed by atoms with Crippen LogP contribution in [0.25, 0.3) is 10.9 Å². The predicted octanol–water partition coefficient (Wildman–Crippen LogP) is 3.12. The second kappa shape index (κ2) is 11.9. The van der Waals surface area contributed by atoms with E-state index in [-0.39, 0.29) is 28.7 Å². The van der Waals surface area contributed by atoms with Gasteiger partial charge in [0, 0.05) is 15.4 Å². The number of hydrogen-bond donors (Lipinski definition) is 6. The van der Waals surface area contributed by atoms with Crippen LogP contribution in [0.15, 0.2) is 46.0 Å². The Kier molecular flexibility index (Phi) is 8.56. The van der Waals surface area contributed by atoms with Crippen molar-refractivity contribution in [3.05, 3.63) is 57.7 Å². The van der Waals surface area contributed by atoms with E-state index in [1.807, 2.05) is 0 Å². The third kappa shape index (κ3) is 7.25. The average molecular weight is 628 g/mol. The Morgan fingerprint density at radius 2 is 1.95 bits per heavy atom. The summed E-state index contributed by atoms with van der Waals surface area (Å²) in [6, 6.07) is 4.52. The molecule has 1 aliphatic rings. The van der Waals surface area contributed by atoms with Crippen LogP contribution in [-0.2, 0) is 15.8 Å². The van der Waals surface area contributed by atoms with E-state index >= 15 is 0 Å². The molecular weight excluding hydrogens is 606 g/mol. The first-order valence-electron chi connectivity index (χ1n) is 11.7. The number of alkyl halides is 4. The number of aliphatic carboxylic acids is 1. The van der Waals surface area contributed by atoms with Crippen LogP contribution in [0.4, 0.5) is 23.2 Å². The number of carbonyl (C=O) groups is 3. The van der Waals surface area contributed by atoms with Crippen LogP contribution in [-0.4, -0.2) is 64.9 Å². The van der Waals surface area contributed by atoms with Gasteiger partial charge in [0.1, 0.15) is 6.17 Å². The molecule has 2 heterocycles. The third-order valence-electron chi connectivity index (χ3n) is 5.79. The van der Waals surface area contributed by atoms with Crippen LogP contribution < -0.4 is 21.3 Å². The number of aromatic amines is 1. The molecule has 0 aliphatic carbocycles. The zero-order valence-corrected chi connectivity index (χ0v) is 22.0. The van der Waals surface area contributed by atoms with E-state index in [0.717, 1.165) is 12.1 Å². The summed E-state index contributed by atoms with van der Waals surface area (Å²) >= 11 is 2.98. The second-order valence-electron chi connectivity index (χ2n) is 8.82. The molecule has 11 nitrogen and oxygen atoms in total. The number of nitrogens with zero attached hydrogens (tertiary/aromatic N) is 2.